The first kappa shape index (κ1) is 20.2. The summed E-state index contributed by atoms with van der Waals surface area (Å²) in [6.45, 7) is 5.75. The second kappa shape index (κ2) is 9.12. The number of rotatable bonds is 7. The first-order valence-electron chi connectivity index (χ1n) is 9.12. The minimum atomic E-state index is -1.02. The molecule has 1 aliphatic heterocycles. The van der Waals surface area contributed by atoms with Gasteiger partial charge in [-0.3, -0.25) is 4.90 Å². The Morgan fingerprint density at radius 3 is 2.64 bits per heavy atom. The third-order valence-electron chi connectivity index (χ3n) is 4.70. The number of methoxy groups -OCH3 is 1. The van der Waals surface area contributed by atoms with Crippen molar-refractivity contribution < 1.29 is 19.4 Å². The van der Waals surface area contributed by atoms with Crippen LogP contribution in [0.1, 0.15) is 12.5 Å². The molecular formula is C20H24ClN3O4. The van der Waals surface area contributed by atoms with Gasteiger partial charge in [-0.25, -0.2) is 9.78 Å². The molecule has 1 aliphatic rings. The molecule has 0 bridgehead atoms. The molecule has 0 aliphatic carbocycles. The molecule has 8 heteroatoms. The summed E-state index contributed by atoms with van der Waals surface area (Å²) < 4.78 is 10.8. The maximum absolute atomic E-state index is 11.0. The maximum atomic E-state index is 11.0. The summed E-state index contributed by atoms with van der Waals surface area (Å²) in [5.74, 6) is 0.775. The molecule has 2 aromatic rings. The van der Waals surface area contributed by atoms with Crippen molar-refractivity contribution in [2.24, 2.45) is 0 Å². The van der Waals surface area contributed by atoms with Gasteiger partial charge in [0.05, 0.1) is 12.1 Å². The van der Waals surface area contributed by atoms with Crippen LogP contribution >= 0.6 is 11.6 Å². The lowest BCUT2D eigenvalue weighted by Crippen LogP contribution is -2.46. The van der Waals surface area contributed by atoms with Crippen LogP contribution in [0.25, 0.3) is 0 Å². The lowest BCUT2D eigenvalue weighted by atomic mass is 10.1. The van der Waals surface area contributed by atoms with Crippen molar-refractivity contribution in [1.82, 2.24) is 9.88 Å². The number of hydrogen-bond donors (Lipinski definition) is 1. The highest BCUT2D eigenvalue weighted by Crippen LogP contribution is 2.30. The number of aliphatic carboxylic acids is 1. The third kappa shape index (κ3) is 4.85. The molecule has 7 nitrogen and oxygen atoms in total. The topological polar surface area (TPSA) is 75.1 Å². The average molecular weight is 406 g/mol. The van der Waals surface area contributed by atoms with E-state index in [1.54, 1.807) is 19.4 Å². The summed E-state index contributed by atoms with van der Waals surface area (Å²) in [6, 6.07) is 9.29. The molecular weight excluding hydrogens is 382 g/mol. The Morgan fingerprint density at radius 2 is 2.00 bits per heavy atom. The summed E-state index contributed by atoms with van der Waals surface area (Å²) in [5.41, 5.74) is 1.08. The predicted octanol–water partition coefficient (Wildman–Crippen LogP) is 2.92. The van der Waals surface area contributed by atoms with Gasteiger partial charge in [-0.2, -0.15) is 0 Å². The number of carboxylic acid groups (broad SMARTS) is 1. The number of hydrogen-bond acceptors (Lipinski definition) is 6. The number of aromatic nitrogens is 1. The summed E-state index contributed by atoms with van der Waals surface area (Å²) >= 11 is 6.25. The normalized spacial score (nSPS) is 15.9. The van der Waals surface area contributed by atoms with Crippen molar-refractivity contribution in [2.75, 3.05) is 38.2 Å². The Bertz CT molecular complexity index is 825. The van der Waals surface area contributed by atoms with Gasteiger partial charge in [0.2, 0.25) is 0 Å². The van der Waals surface area contributed by atoms with Crippen LogP contribution in [0.15, 0.2) is 36.5 Å². The Balaban J connectivity index is 1.60. The molecule has 0 radical (unpaired) electrons. The Kier molecular flexibility index (Phi) is 6.59. The third-order valence-corrected chi connectivity index (χ3v) is 4.99. The number of ether oxygens (including phenoxy) is 2. The second-order valence-corrected chi connectivity index (χ2v) is 7.06. The number of pyridine rings is 1. The van der Waals surface area contributed by atoms with Crippen LogP contribution in [0, 0.1) is 0 Å². The number of benzene rings is 1. The number of carboxylic acids is 1. The maximum Gasteiger partial charge on any atom is 0.344 e. The number of anilines is 1. The van der Waals surface area contributed by atoms with Crippen LogP contribution in [-0.2, 0) is 11.3 Å². The van der Waals surface area contributed by atoms with Crippen molar-refractivity contribution in [3.8, 4) is 11.5 Å². The van der Waals surface area contributed by atoms with Gasteiger partial charge >= 0.3 is 5.97 Å². The summed E-state index contributed by atoms with van der Waals surface area (Å²) in [6.07, 6.45) is 0.820. The van der Waals surface area contributed by atoms with Gasteiger partial charge in [0.1, 0.15) is 5.82 Å². The molecule has 2 heterocycles. The fourth-order valence-corrected chi connectivity index (χ4v) is 3.38. The zero-order chi connectivity index (χ0) is 20.1. The van der Waals surface area contributed by atoms with E-state index in [-0.39, 0.29) is 0 Å². The highest BCUT2D eigenvalue weighted by Gasteiger charge is 2.21. The van der Waals surface area contributed by atoms with Crippen LogP contribution in [0.2, 0.25) is 5.02 Å². The Labute approximate surface area is 169 Å². The fraction of sp³-hybridized carbons (Fsp3) is 0.400. The molecule has 1 fully saturated rings. The largest absolute Gasteiger partial charge is 0.493 e. The first-order chi connectivity index (χ1) is 13.5. The SMILES string of the molecule is COc1cc(CN2CCN(c3ncccc3Cl)CC2)ccc1OC(C)C(=O)O. The van der Waals surface area contributed by atoms with Gasteiger partial charge in [0.25, 0.3) is 0 Å². The van der Waals surface area contributed by atoms with Crippen LogP contribution in [0.4, 0.5) is 5.82 Å². The lowest BCUT2D eigenvalue weighted by molar-refractivity contribution is -0.144. The van der Waals surface area contributed by atoms with Crippen molar-refractivity contribution in [2.45, 2.75) is 19.6 Å². The highest BCUT2D eigenvalue weighted by atomic mass is 35.5. The fourth-order valence-electron chi connectivity index (χ4n) is 3.13. The molecule has 1 aromatic heterocycles. The van der Waals surface area contributed by atoms with Gasteiger partial charge in [0.15, 0.2) is 17.6 Å². The van der Waals surface area contributed by atoms with E-state index in [9.17, 15) is 4.79 Å². The van der Waals surface area contributed by atoms with E-state index in [2.05, 4.69) is 14.8 Å². The number of halogens is 1. The van der Waals surface area contributed by atoms with Crippen molar-refractivity contribution >= 4 is 23.4 Å². The second-order valence-electron chi connectivity index (χ2n) is 6.66. The van der Waals surface area contributed by atoms with Crippen LogP contribution in [0.3, 0.4) is 0 Å². The standard InChI is InChI=1S/C20H24ClN3O4/c1-14(20(25)26)28-17-6-5-15(12-18(17)27-2)13-23-8-10-24(11-9-23)19-16(21)4-3-7-22-19/h3-7,12,14H,8-11,13H2,1-2H3,(H,25,26). The van der Waals surface area contributed by atoms with Gasteiger partial charge in [-0.15, -0.1) is 0 Å². The molecule has 1 saturated heterocycles. The zero-order valence-corrected chi connectivity index (χ0v) is 16.7. The zero-order valence-electron chi connectivity index (χ0n) is 16.0. The van der Waals surface area contributed by atoms with Crippen molar-refractivity contribution in [3.05, 3.63) is 47.1 Å². The van der Waals surface area contributed by atoms with Gasteiger partial charge < -0.3 is 19.5 Å². The molecule has 0 amide bonds. The van der Waals surface area contributed by atoms with Crippen LogP contribution in [-0.4, -0.2) is 60.4 Å². The van der Waals surface area contributed by atoms with E-state index in [1.165, 1.54) is 6.92 Å². The van der Waals surface area contributed by atoms with Gasteiger partial charge in [-0.05, 0) is 36.8 Å². The molecule has 28 heavy (non-hydrogen) atoms. The summed E-state index contributed by atoms with van der Waals surface area (Å²) in [5, 5.41) is 9.68. The summed E-state index contributed by atoms with van der Waals surface area (Å²) in [4.78, 5) is 19.9. The van der Waals surface area contributed by atoms with Crippen LogP contribution in [0.5, 0.6) is 11.5 Å². The van der Waals surface area contributed by atoms with E-state index in [0.29, 0.717) is 16.5 Å². The molecule has 0 saturated carbocycles. The molecule has 150 valence electrons. The van der Waals surface area contributed by atoms with Gasteiger partial charge in [0, 0.05) is 38.9 Å². The van der Waals surface area contributed by atoms with Crippen molar-refractivity contribution in [1.29, 1.82) is 0 Å². The minimum Gasteiger partial charge on any atom is -0.493 e. The number of carbonyl (C=O) groups is 1. The van der Waals surface area contributed by atoms with Crippen LogP contribution < -0.4 is 14.4 Å². The van der Waals surface area contributed by atoms with E-state index in [4.69, 9.17) is 26.2 Å². The number of piperazine rings is 1. The molecule has 1 aromatic carbocycles. The van der Waals surface area contributed by atoms with E-state index in [0.717, 1.165) is 44.1 Å². The number of nitrogens with zero attached hydrogens (tertiary/aromatic N) is 3. The summed E-state index contributed by atoms with van der Waals surface area (Å²) in [7, 11) is 1.55. The average Bonchev–Trinajstić information content (AvgIpc) is 2.70. The minimum absolute atomic E-state index is 0.427. The smallest absolute Gasteiger partial charge is 0.344 e. The molecule has 1 atom stereocenters. The lowest BCUT2D eigenvalue weighted by Gasteiger charge is -2.35. The Hall–Kier alpha value is -2.51. The Morgan fingerprint density at radius 1 is 1.25 bits per heavy atom. The quantitative estimate of drug-likeness (QED) is 0.759. The van der Waals surface area contributed by atoms with E-state index < -0.39 is 12.1 Å². The van der Waals surface area contributed by atoms with E-state index >= 15 is 0 Å². The van der Waals surface area contributed by atoms with E-state index in [1.807, 2.05) is 24.3 Å². The van der Waals surface area contributed by atoms with Crippen molar-refractivity contribution in [3.63, 3.8) is 0 Å². The highest BCUT2D eigenvalue weighted by molar-refractivity contribution is 6.32. The molecule has 3 rings (SSSR count). The first-order valence-corrected chi connectivity index (χ1v) is 9.50. The monoisotopic (exact) mass is 405 g/mol. The molecule has 0 spiro atoms. The molecule has 1 unspecified atom stereocenters. The predicted molar refractivity (Wildman–Crippen MR) is 107 cm³/mol. The van der Waals surface area contributed by atoms with Gasteiger partial charge in [-0.1, -0.05) is 17.7 Å². The molecule has 1 N–H and O–H groups in total.